The van der Waals surface area contributed by atoms with Gasteiger partial charge in [0.25, 0.3) is 0 Å². The predicted molar refractivity (Wildman–Crippen MR) is 57.0 cm³/mol. The summed E-state index contributed by atoms with van der Waals surface area (Å²) in [6.07, 6.45) is 1.83. The summed E-state index contributed by atoms with van der Waals surface area (Å²) in [7, 11) is 2.69. The SMILES string of the molecule is Cc1ncn2c(P)c(Br)ccc12. The van der Waals surface area contributed by atoms with Gasteiger partial charge in [0.05, 0.1) is 16.6 Å². The van der Waals surface area contributed by atoms with Crippen LogP contribution in [0.15, 0.2) is 22.9 Å². The summed E-state index contributed by atoms with van der Waals surface area (Å²) in [6, 6.07) is 4.09. The molecule has 4 heteroatoms. The molecule has 0 fully saturated rings. The van der Waals surface area contributed by atoms with Crippen LogP contribution in [0.25, 0.3) is 5.52 Å². The maximum atomic E-state index is 4.23. The highest BCUT2D eigenvalue weighted by atomic mass is 79.9. The van der Waals surface area contributed by atoms with Gasteiger partial charge >= 0.3 is 0 Å². The highest BCUT2D eigenvalue weighted by molar-refractivity contribution is 9.10. The van der Waals surface area contributed by atoms with E-state index in [-0.39, 0.29) is 0 Å². The standard InChI is InChI=1S/C8H8BrN2P/c1-5-7-3-2-6(9)8(12)11(7)4-10-5/h2-4H,12H2,1H3. The molecular weight excluding hydrogens is 235 g/mol. The number of imidazole rings is 1. The fourth-order valence-corrected chi connectivity index (χ4v) is 1.82. The van der Waals surface area contributed by atoms with E-state index in [2.05, 4.69) is 36.2 Å². The molecule has 0 amide bonds. The molecule has 0 aliphatic rings. The number of aryl methyl sites for hydroxylation is 1. The number of halogens is 1. The average molecular weight is 243 g/mol. The van der Waals surface area contributed by atoms with Crippen LogP contribution < -0.4 is 5.44 Å². The molecule has 0 radical (unpaired) electrons. The molecular formula is C8H8BrN2P. The Morgan fingerprint density at radius 1 is 1.50 bits per heavy atom. The Morgan fingerprint density at radius 2 is 2.25 bits per heavy atom. The van der Waals surface area contributed by atoms with E-state index in [0.29, 0.717) is 0 Å². The van der Waals surface area contributed by atoms with Gasteiger partial charge in [0.2, 0.25) is 0 Å². The average Bonchev–Trinajstić information content (AvgIpc) is 2.41. The second kappa shape index (κ2) is 2.82. The summed E-state index contributed by atoms with van der Waals surface area (Å²) >= 11 is 3.46. The maximum absolute atomic E-state index is 4.23. The zero-order valence-electron chi connectivity index (χ0n) is 6.58. The summed E-state index contributed by atoms with van der Waals surface area (Å²) in [6.45, 7) is 2.01. The number of nitrogens with zero attached hydrogens (tertiary/aromatic N) is 2. The van der Waals surface area contributed by atoms with Gasteiger partial charge in [-0.15, -0.1) is 0 Å². The van der Waals surface area contributed by atoms with Crippen LogP contribution in [0.2, 0.25) is 0 Å². The van der Waals surface area contributed by atoms with Gasteiger partial charge in [0.15, 0.2) is 0 Å². The first-order valence-electron chi connectivity index (χ1n) is 3.58. The molecule has 1 unspecified atom stereocenters. The first-order chi connectivity index (χ1) is 5.70. The fourth-order valence-electron chi connectivity index (χ4n) is 1.19. The zero-order valence-corrected chi connectivity index (χ0v) is 9.32. The molecule has 1 atom stereocenters. The van der Waals surface area contributed by atoms with Crippen molar-refractivity contribution in [3.8, 4) is 0 Å². The predicted octanol–water partition coefficient (Wildman–Crippen LogP) is 1.91. The van der Waals surface area contributed by atoms with Crippen molar-refractivity contribution in [2.24, 2.45) is 0 Å². The summed E-state index contributed by atoms with van der Waals surface area (Å²) in [5.74, 6) is 0. The zero-order chi connectivity index (χ0) is 8.72. The van der Waals surface area contributed by atoms with E-state index in [1.165, 1.54) is 0 Å². The maximum Gasteiger partial charge on any atom is 0.100 e. The quantitative estimate of drug-likeness (QED) is 0.646. The topological polar surface area (TPSA) is 17.3 Å². The minimum Gasteiger partial charge on any atom is -0.298 e. The van der Waals surface area contributed by atoms with Crippen molar-refractivity contribution in [2.45, 2.75) is 6.92 Å². The molecule has 0 saturated heterocycles. The van der Waals surface area contributed by atoms with E-state index >= 15 is 0 Å². The molecule has 12 heavy (non-hydrogen) atoms. The third-order valence-corrected chi connectivity index (χ3v) is 3.57. The molecule has 0 aliphatic heterocycles. The Hall–Kier alpha value is -0.400. The van der Waals surface area contributed by atoms with Crippen LogP contribution in [0.4, 0.5) is 0 Å². The monoisotopic (exact) mass is 242 g/mol. The van der Waals surface area contributed by atoms with Gasteiger partial charge in [-0.3, -0.25) is 4.40 Å². The molecule has 62 valence electrons. The van der Waals surface area contributed by atoms with Crippen LogP contribution in [0.1, 0.15) is 5.69 Å². The van der Waals surface area contributed by atoms with Crippen molar-refractivity contribution < 1.29 is 0 Å². The molecule has 2 heterocycles. The summed E-state index contributed by atoms with van der Waals surface area (Å²) in [4.78, 5) is 4.23. The van der Waals surface area contributed by atoms with Gasteiger partial charge in [-0.25, -0.2) is 4.98 Å². The molecule has 0 aliphatic carbocycles. The minimum absolute atomic E-state index is 1.06. The summed E-state index contributed by atoms with van der Waals surface area (Å²) < 4.78 is 3.13. The Labute approximate surface area is 81.3 Å². The van der Waals surface area contributed by atoms with Crippen LogP contribution in [0.3, 0.4) is 0 Å². The molecule has 2 aromatic heterocycles. The van der Waals surface area contributed by atoms with Gasteiger partial charge in [-0.05, 0) is 35.0 Å². The highest BCUT2D eigenvalue weighted by Gasteiger charge is 2.03. The molecule has 2 aromatic rings. The summed E-state index contributed by atoms with van der Waals surface area (Å²) in [5, 5.41) is 0. The molecule has 2 rings (SSSR count). The molecule has 0 N–H and O–H groups in total. The van der Waals surface area contributed by atoms with E-state index in [9.17, 15) is 0 Å². The van der Waals surface area contributed by atoms with Crippen LogP contribution in [-0.2, 0) is 0 Å². The van der Waals surface area contributed by atoms with Crippen molar-refractivity contribution >= 4 is 36.1 Å². The van der Waals surface area contributed by atoms with E-state index in [0.717, 1.165) is 21.1 Å². The third kappa shape index (κ3) is 1.08. The Bertz CT molecular complexity index is 436. The van der Waals surface area contributed by atoms with Gasteiger partial charge in [0.1, 0.15) is 6.33 Å². The van der Waals surface area contributed by atoms with E-state index < -0.39 is 0 Å². The number of hydrogen-bond donors (Lipinski definition) is 0. The van der Waals surface area contributed by atoms with E-state index in [1.807, 2.05) is 23.7 Å². The lowest BCUT2D eigenvalue weighted by Gasteiger charge is -2.01. The first-order valence-corrected chi connectivity index (χ1v) is 4.95. The second-order valence-electron chi connectivity index (χ2n) is 2.65. The van der Waals surface area contributed by atoms with Crippen LogP contribution >= 0.6 is 25.2 Å². The second-order valence-corrected chi connectivity index (χ2v) is 4.05. The number of aromatic nitrogens is 2. The Balaban J connectivity index is 2.93. The van der Waals surface area contributed by atoms with Gasteiger partial charge in [0, 0.05) is 4.47 Å². The Morgan fingerprint density at radius 3 is 3.00 bits per heavy atom. The number of hydrogen-bond acceptors (Lipinski definition) is 1. The first kappa shape index (κ1) is 8.21. The van der Waals surface area contributed by atoms with Gasteiger partial charge in [-0.1, -0.05) is 9.24 Å². The lowest BCUT2D eigenvalue weighted by Crippen LogP contribution is -2.05. The van der Waals surface area contributed by atoms with Crippen LogP contribution in [-0.4, -0.2) is 9.38 Å². The summed E-state index contributed by atoms with van der Waals surface area (Å²) in [5.41, 5.74) is 3.32. The minimum atomic E-state index is 1.06. The molecule has 0 bridgehead atoms. The van der Waals surface area contributed by atoms with E-state index in [1.54, 1.807) is 0 Å². The fraction of sp³-hybridized carbons (Fsp3) is 0.125. The van der Waals surface area contributed by atoms with Crippen molar-refractivity contribution in [1.29, 1.82) is 0 Å². The Kier molecular flexibility index (Phi) is 1.93. The molecule has 0 saturated carbocycles. The smallest absolute Gasteiger partial charge is 0.100 e. The molecule has 2 nitrogen and oxygen atoms in total. The normalized spacial score (nSPS) is 10.9. The lowest BCUT2D eigenvalue weighted by atomic mass is 10.3. The van der Waals surface area contributed by atoms with Gasteiger partial charge in [-0.2, -0.15) is 0 Å². The van der Waals surface area contributed by atoms with Crippen molar-refractivity contribution in [3.05, 3.63) is 28.6 Å². The van der Waals surface area contributed by atoms with Crippen molar-refractivity contribution in [2.75, 3.05) is 0 Å². The van der Waals surface area contributed by atoms with Crippen molar-refractivity contribution in [1.82, 2.24) is 9.38 Å². The third-order valence-electron chi connectivity index (χ3n) is 1.89. The van der Waals surface area contributed by atoms with E-state index in [4.69, 9.17) is 0 Å². The number of fused-ring (bicyclic) bond motifs is 1. The van der Waals surface area contributed by atoms with Gasteiger partial charge < -0.3 is 0 Å². The largest absolute Gasteiger partial charge is 0.298 e. The highest BCUT2D eigenvalue weighted by Crippen LogP contribution is 2.14. The van der Waals surface area contributed by atoms with Crippen LogP contribution in [0, 0.1) is 6.92 Å². The number of rotatable bonds is 0. The van der Waals surface area contributed by atoms with Crippen molar-refractivity contribution in [3.63, 3.8) is 0 Å². The van der Waals surface area contributed by atoms with Crippen LogP contribution in [0.5, 0.6) is 0 Å². The molecule has 0 spiro atoms. The molecule has 0 aromatic carbocycles. The number of pyridine rings is 1. The lowest BCUT2D eigenvalue weighted by molar-refractivity contribution is 1.18.